The first-order valence-corrected chi connectivity index (χ1v) is 11.1. The van der Waals surface area contributed by atoms with E-state index in [-0.39, 0.29) is 26.5 Å². The minimum absolute atomic E-state index is 0.000564. The zero-order valence-corrected chi connectivity index (χ0v) is 19.8. The zero-order valence-electron chi connectivity index (χ0n) is 16.7. The maximum Gasteiger partial charge on any atom is 0.399 e. The standard InChI is InChI=1S/C22H18Cl3F3N2OS/c1-30(21(32)14-7-8-14)29-20(31)13-5-2-12(3-6-13)4-9-16(22(26,27)28)15-10-17(23)19(25)18(24)11-15/h2-6,9-11,14,16H,7-8H2,1H3,(H,29,31). The van der Waals surface area contributed by atoms with Gasteiger partial charge >= 0.3 is 6.18 Å². The topological polar surface area (TPSA) is 32.3 Å². The summed E-state index contributed by atoms with van der Waals surface area (Å²) in [6, 6.07) is 8.46. The van der Waals surface area contributed by atoms with E-state index in [1.54, 1.807) is 19.2 Å². The minimum Gasteiger partial charge on any atom is -0.281 e. The summed E-state index contributed by atoms with van der Waals surface area (Å²) in [7, 11) is 1.68. The van der Waals surface area contributed by atoms with Crippen LogP contribution in [-0.2, 0) is 0 Å². The highest BCUT2D eigenvalue weighted by molar-refractivity contribution is 7.80. The van der Waals surface area contributed by atoms with Crippen LogP contribution in [0.3, 0.4) is 0 Å². The third-order valence-corrected chi connectivity index (χ3v) is 6.70. The van der Waals surface area contributed by atoms with Crippen molar-refractivity contribution in [2.75, 3.05) is 7.05 Å². The molecule has 1 fully saturated rings. The second kappa shape index (κ2) is 10.00. The highest BCUT2D eigenvalue weighted by atomic mass is 35.5. The largest absolute Gasteiger partial charge is 0.399 e. The zero-order chi connectivity index (χ0) is 23.6. The van der Waals surface area contributed by atoms with Crippen LogP contribution in [0, 0.1) is 5.92 Å². The Bertz CT molecular complexity index is 1030. The third-order valence-electron chi connectivity index (χ3n) is 4.90. The second-order valence-electron chi connectivity index (χ2n) is 7.41. The predicted octanol–water partition coefficient (Wildman–Crippen LogP) is 7.32. The van der Waals surface area contributed by atoms with Gasteiger partial charge in [0.1, 0.15) is 0 Å². The summed E-state index contributed by atoms with van der Waals surface area (Å²) in [5.41, 5.74) is 3.42. The molecule has 1 aliphatic rings. The first kappa shape index (κ1) is 24.8. The van der Waals surface area contributed by atoms with E-state index in [0.29, 0.717) is 22.0 Å². The molecule has 1 unspecified atom stereocenters. The Hall–Kier alpha value is -1.80. The number of allylic oxidation sites excluding steroid dienone is 1. The number of benzene rings is 2. The molecular weight excluding hydrogens is 504 g/mol. The van der Waals surface area contributed by atoms with Crippen LogP contribution >= 0.6 is 47.0 Å². The van der Waals surface area contributed by atoms with Crippen LogP contribution in [0.1, 0.15) is 40.2 Å². The van der Waals surface area contributed by atoms with Gasteiger partial charge in [-0.2, -0.15) is 13.2 Å². The van der Waals surface area contributed by atoms with Gasteiger partial charge in [-0.1, -0.05) is 71.3 Å². The molecule has 0 radical (unpaired) electrons. The summed E-state index contributed by atoms with van der Waals surface area (Å²) >= 11 is 22.9. The average molecular weight is 522 g/mol. The molecule has 0 aromatic heterocycles. The van der Waals surface area contributed by atoms with Crippen molar-refractivity contribution in [2.45, 2.75) is 24.9 Å². The molecule has 0 spiro atoms. The van der Waals surface area contributed by atoms with Crippen molar-refractivity contribution in [3.05, 3.63) is 74.2 Å². The van der Waals surface area contributed by atoms with E-state index >= 15 is 0 Å². The number of alkyl halides is 3. The van der Waals surface area contributed by atoms with Gasteiger partial charge in [0.05, 0.1) is 26.0 Å². The van der Waals surface area contributed by atoms with Crippen molar-refractivity contribution in [3.63, 3.8) is 0 Å². The molecule has 1 aliphatic carbocycles. The molecule has 1 N–H and O–H groups in total. The number of rotatable bonds is 5. The number of amides is 1. The van der Waals surface area contributed by atoms with E-state index in [9.17, 15) is 18.0 Å². The fourth-order valence-electron chi connectivity index (χ4n) is 2.99. The number of carbonyl (C=O) groups excluding carboxylic acids is 1. The van der Waals surface area contributed by atoms with Crippen molar-refractivity contribution < 1.29 is 18.0 Å². The number of thiocarbonyl (C=S) groups is 1. The van der Waals surface area contributed by atoms with E-state index in [0.717, 1.165) is 31.1 Å². The van der Waals surface area contributed by atoms with Crippen LogP contribution in [0.4, 0.5) is 13.2 Å². The van der Waals surface area contributed by atoms with Crippen LogP contribution in [0.25, 0.3) is 6.08 Å². The Labute approximate surface area is 204 Å². The van der Waals surface area contributed by atoms with E-state index in [1.165, 1.54) is 23.2 Å². The molecule has 2 aromatic carbocycles. The molecular formula is C22H18Cl3F3N2OS. The number of halogens is 6. The van der Waals surface area contributed by atoms with Gasteiger partial charge in [0, 0.05) is 18.5 Å². The molecule has 1 amide bonds. The molecule has 32 heavy (non-hydrogen) atoms. The lowest BCUT2D eigenvalue weighted by atomic mass is 9.97. The Morgan fingerprint density at radius 1 is 1.16 bits per heavy atom. The Morgan fingerprint density at radius 3 is 2.22 bits per heavy atom. The van der Waals surface area contributed by atoms with Crippen molar-refractivity contribution >= 4 is 64.0 Å². The fraction of sp³-hybridized carbons (Fsp3) is 0.273. The first-order valence-electron chi connectivity index (χ1n) is 9.55. The summed E-state index contributed by atoms with van der Waals surface area (Å²) in [5, 5.41) is 1.41. The lowest BCUT2D eigenvalue weighted by molar-refractivity contribution is -0.139. The molecule has 2 aromatic rings. The van der Waals surface area contributed by atoms with Crippen LogP contribution in [-0.4, -0.2) is 29.1 Å². The number of hydrazine groups is 1. The summed E-state index contributed by atoms with van der Waals surface area (Å²) in [6.45, 7) is 0. The van der Waals surface area contributed by atoms with E-state index in [1.807, 2.05) is 0 Å². The summed E-state index contributed by atoms with van der Waals surface area (Å²) < 4.78 is 41.0. The van der Waals surface area contributed by atoms with Crippen LogP contribution in [0.15, 0.2) is 42.5 Å². The van der Waals surface area contributed by atoms with Gasteiger partial charge in [-0.05, 0) is 48.2 Å². The molecule has 3 rings (SSSR count). The smallest absolute Gasteiger partial charge is 0.281 e. The fourth-order valence-corrected chi connectivity index (χ4v) is 3.89. The van der Waals surface area contributed by atoms with Gasteiger partial charge in [-0.25, -0.2) is 0 Å². The van der Waals surface area contributed by atoms with E-state index in [2.05, 4.69) is 5.43 Å². The van der Waals surface area contributed by atoms with Crippen LogP contribution < -0.4 is 5.43 Å². The highest BCUT2D eigenvalue weighted by Gasteiger charge is 2.39. The lowest BCUT2D eigenvalue weighted by Crippen LogP contribution is -2.43. The Balaban J connectivity index is 1.74. The Morgan fingerprint density at radius 2 is 1.72 bits per heavy atom. The molecule has 0 heterocycles. The summed E-state index contributed by atoms with van der Waals surface area (Å²) in [5.74, 6) is -1.96. The lowest BCUT2D eigenvalue weighted by Gasteiger charge is -2.20. The van der Waals surface area contributed by atoms with Gasteiger partial charge in [0.25, 0.3) is 5.91 Å². The normalized spacial score (nSPS) is 15.0. The molecule has 10 heteroatoms. The monoisotopic (exact) mass is 520 g/mol. The van der Waals surface area contributed by atoms with Gasteiger partial charge in [-0.15, -0.1) is 0 Å². The van der Waals surface area contributed by atoms with Gasteiger partial charge < -0.3 is 0 Å². The highest BCUT2D eigenvalue weighted by Crippen LogP contribution is 2.41. The molecule has 170 valence electrons. The SMILES string of the molecule is CN(NC(=O)c1ccc(C=CC(c2cc(Cl)c(Cl)c(Cl)c2)C(F)(F)F)cc1)C(=S)C1CC1. The van der Waals surface area contributed by atoms with Crippen LogP contribution in [0.5, 0.6) is 0 Å². The summed E-state index contributed by atoms with van der Waals surface area (Å²) in [6.07, 6.45) is -0.195. The predicted molar refractivity (Wildman–Crippen MR) is 126 cm³/mol. The van der Waals surface area contributed by atoms with Crippen molar-refractivity contribution in [1.82, 2.24) is 10.4 Å². The maximum absolute atomic E-state index is 13.7. The molecule has 0 saturated heterocycles. The van der Waals surface area contributed by atoms with Crippen molar-refractivity contribution in [3.8, 4) is 0 Å². The molecule has 3 nitrogen and oxygen atoms in total. The Kier molecular flexibility index (Phi) is 7.76. The number of carbonyl (C=O) groups is 1. The number of nitrogens with one attached hydrogen (secondary N) is 1. The molecule has 1 saturated carbocycles. The van der Waals surface area contributed by atoms with Crippen molar-refractivity contribution in [1.29, 1.82) is 0 Å². The quantitative estimate of drug-likeness (QED) is 0.254. The third kappa shape index (κ3) is 6.16. The molecule has 1 atom stereocenters. The van der Waals surface area contributed by atoms with Gasteiger partial charge in [0.15, 0.2) is 0 Å². The first-order chi connectivity index (χ1) is 15.0. The number of hydrogen-bond acceptors (Lipinski definition) is 2. The van der Waals surface area contributed by atoms with E-state index in [4.69, 9.17) is 47.0 Å². The van der Waals surface area contributed by atoms with Crippen molar-refractivity contribution in [2.24, 2.45) is 5.92 Å². The van der Waals surface area contributed by atoms with E-state index < -0.39 is 12.1 Å². The number of hydrogen-bond donors (Lipinski definition) is 1. The number of nitrogens with zero attached hydrogens (tertiary/aromatic N) is 1. The minimum atomic E-state index is -4.57. The molecule has 0 aliphatic heterocycles. The van der Waals surface area contributed by atoms with Gasteiger partial charge in [0.2, 0.25) is 0 Å². The second-order valence-corrected chi connectivity index (χ2v) is 9.02. The summed E-state index contributed by atoms with van der Waals surface area (Å²) in [4.78, 5) is 13.1. The van der Waals surface area contributed by atoms with Gasteiger partial charge in [-0.3, -0.25) is 15.2 Å². The van der Waals surface area contributed by atoms with Crippen LogP contribution in [0.2, 0.25) is 15.1 Å². The average Bonchev–Trinajstić information content (AvgIpc) is 3.56. The molecule has 0 bridgehead atoms. The maximum atomic E-state index is 13.7.